The molecule has 6 heterocycles. The van der Waals surface area contributed by atoms with Gasteiger partial charge in [-0.15, -0.1) is 0 Å². The predicted molar refractivity (Wildman–Crippen MR) is 308 cm³/mol. The summed E-state index contributed by atoms with van der Waals surface area (Å²) in [6.45, 7) is 8.36. The van der Waals surface area contributed by atoms with Gasteiger partial charge in [-0.1, -0.05) is 83.9 Å². The third kappa shape index (κ3) is 5.99. The van der Waals surface area contributed by atoms with Gasteiger partial charge in [-0.3, -0.25) is 8.61 Å². The molecule has 0 saturated heterocycles. The number of nitrogens with one attached hydrogen (secondary N) is 1. The molecule has 0 saturated carbocycles. The predicted octanol–water partition coefficient (Wildman–Crippen LogP) is 9.77. The van der Waals surface area contributed by atoms with Gasteiger partial charge in [-0.05, 0) is 185 Å². The van der Waals surface area contributed by atoms with E-state index < -0.39 is 0 Å². The zero-order valence-electron chi connectivity index (χ0n) is 40.6. The van der Waals surface area contributed by atoms with Crippen molar-refractivity contribution < 1.29 is 14.2 Å². The van der Waals surface area contributed by atoms with Crippen molar-refractivity contribution in [2.45, 2.75) is 27.7 Å². The van der Waals surface area contributed by atoms with Crippen LogP contribution in [-0.2, 0) is 0 Å². The minimum absolute atomic E-state index is 0.0271. The number of rotatable bonds is 5. The van der Waals surface area contributed by atoms with Crippen LogP contribution < -0.4 is 82.2 Å². The molecule has 0 radical (unpaired) electrons. The van der Waals surface area contributed by atoms with Crippen LogP contribution in [0.4, 0.5) is 51.2 Å². The van der Waals surface area contributed by atoms with Gasteiger partial charge in [0.2, 0.25) is 0 Å². The second kappa shape index (κ2) is 15.5. The first-order chi connectivity index (χ1) is 35.2. The van der Waals surface area contributed by atoms with Crippen LogP contribution in [0.25, 0.3) is 0 Å². The number of anilines is 9. The van der Waals surface area contributed by atoms with Crippen LogP contribution in [0.1, 0.15) is 22.3 Å². The summed E-state index contributed by atoms with van der Waals surface area (Å²) in [5.74, 6) is 5.36. The van der Waals surface area contributed by atoms with Crippen molar-refractivity contribution in [3.63, 3.8) is 0 Å². The second-order valence-electron chi connectivity index (χ2n) is 20.0. The summed E-state index contributed by atoms with van der Waals surface area (Å²) in [4.78, 5) is 2.37. The normalized spacial score (nSPS) is 14.1. The summed E-state index contributed by atoms with van der Waals surface area (Å²) in [7, 11) is 0. The zero-order valence-corrected chi connectivity index (χ0v) is 42.3. The fourth-order valence-corrected chi connectivity index (χ4v) is 14.0. The minimum Gasteiger partial charge on any atom is -0.458 e. The molecule has 6 aliphatic heterocycles. The average Bonchev–Trinajstić information content (AvgIpc) is 3.38. The van der Waals surface area contributed by atoms with Crippen molar-refractivity contribution >= 4 is 144 Å². The van der Waals surface area contributed by atoms with E-state index >= 15 is 0 Å². The highest BCUT2D eigenvalue weighted by Gasteiger charge is 2.48. The Morgan fingerprint density at radius 2 is 0.875 bits per heavy atom. The molecule has 12 heteroatoms. The van der Waals surface area contributed by atoms with E-state index in [2.05, 4.69) is 217 Å². The van der Waals surface area contributed by atoms with Gasteiger partial charge in [0.1, 0.15) is 34.5 Å². The molecule has 72 heavy (non-hydrogen) atoms. The van der Waals surface area contributed by atoms with Crippen molar-refractivity contribution in [1.29, 1.82) is 0 Å². The standard InChI is InChI=1S/C60H45B3N4O3S2/c1-33-15-19-37(20-16-33)65(38-21-17-34(2)18-22-38)39-27-51-60-57(28-39)70-54-32-49-44(62-41-12-8-10-14-53(41)69-56-26-36(4)24-50(59(56)62)67(49)72-6)30-45(54)63(60)43-29-42-46(31-48(43)66(51)71-5)64-47-23-35(3)25-55-58(47)61(42)40-11-7-9-13-52(40)68-55/h7-32,64H,1-6H3. The molecule has 9 aromatic rings. The molecule has 344 valence electrons. The number of hydrogen-bond acceptors (Lipinski definition) is 9. The Kier molecular flexibility index (Phi) is 9.07. The highest BCUT2D eigenvalue weighted by Crippen LogP contribution is 2.48. The molecule has 0 aliphatic carbocycles. The van der Waals surface area contributed by atoms with Crippen LogP contribution in [0.15, 0.2) is 158 Å². The number of ether oxygens (including phenoxy) is 3. The molecule has 0 atom stereocenters. The topological polar surface area (TPSA) is 49.4 Å². The molecule has 0 fully saturated rings. The van der Waals surface area contributed by atoms with Gasteiger partial charge in [-0.2, -0.15) is 0 Å². The van der Waals surface area contributed by atoms with E-state index in [1.807, 2.05) is 0 Å². The summed E-state index contributed by atoms with van der Waals surface area (Å²) in [6.07, 6.45) is 4.36. The first kappa shape index (κ1) is 42.2. The van der Waals surface area contributed by atoms with Crippen LogP contribution >= 0.6 is 23.9 Å². The summed E-state index contributed by atoms with van der Waals surface area (Å²) in [5.41, 5.74) is 25.4. The van der Waals surface area contributed by atoms with Crippen molar-refractivity contribution in [3.05, 3.63) is 180 Å². The molecule has 0 unspecified atom stereocenters. The highest BCUT2D eigenvalue weighted by molar-refractivity contribution is 8.00. The monoisotopic (exact) mass is 966 g/mol. The van der Waals surface area contributed by atoms with Gasteiger partial charge >= 0.3 is 0 Å². The fourth-order valence-electron chi connectivity index (χ4n) is 12.6. The molecular formula is C60H45B3N4O3S2. The molecule has 0 amide bonds. The maximum atomic E-state index is 7.51. The summed E-state index contributed by atoms with van der Waals surface area (Å²) in [5, 5.41) is 3.96. The maximum Gasteiger partial charge on any atom is 0.256 e. The maximum absolute atomic E-state index is 7.51. The first-order valence-corrected chi connectivity index (χ1v) is 27.0. The van der Waals surface area contributed by atoms with E-state index in [1.54, 1.807) is 23.9 Å². The zero-order chi connectivity index (χ0) is 48.3. The quantitative estimate of drug-likeness (QED) is 0.134. The Morgan fingerprint density at radius 1 is 0.375 bits per heavy atom. The van der Waals surface area contributed by atoms with Gasteiger partial charge in [0, 0.05) is 53.1 Å². The Bertz CT molecular complexity index is 3810. The molecule has 15 rings (SSSR count). The van der Waals surface area contributed by atoms with Crippen LogP contribution in [0, 0.1) is 27.7 Å². The molecule has 6 aliphatic rings. The van der Waals surface area contributed by atoms with E-state index in [-0.39, 0.29) is 20.1 Å². The summed E-state index contributed by atoms with van der Waals surface area (Å²) in [6, 6.07) is 58.2. The van der Waals surface area contributed by atoms with Crippen LogP contribution in [0.2, 0.25) is 0 Å². The average molecular weight is 967 g/mol. The second-order valence-corrected chi connectivity index (χ2v) is 21.5. The lowest BCUT2D eigenvalue weighted by Gasteiger charge is -2.43. The van der Waals surface area contributed by atoms with Gasteiger partial charge in [-0.25, -0.2) is 0 Å². The lowest BCUT2D eigenvalue weighted by Crippen LogP contribution is -2.64. The third-order valence-electron chi connectivity index (χ3n) is 15.6. The minimum atomic E-state index is -0.167. The fraction of sp³-hybridized carbons (Fsp3) is 0.100. The Labute approximate surface area is 429 Å². The number of aryl methyl sites for hydroxylation is 4. The third-order valence-corrected chi connectivity index (χ3v) is 17.1. The van der Waals surface area contributed by atoms with E-state index in [0.717, 1.165) is 108 Å². The summed E-state index contributed by atoms with van der Waals surface area (Å²) < 4.78 is 25.8. The molecule has 0 aromatic heterocycles. The Morgan fingerprint density at radius 3 is 1.50 bits per heavy atom. The van der Waals surface area contributed by atoms with Crippen molar-refractivity contribution in [2.75, 3.05) is 31.3 Å². The lowest BCUT2D eigenvalue weighted by atomic mass is 9.30. The van der Waals surface area contributed by atoms with E-state index in [0.29, 0.717) is 0 Å². The van der Waals surface area contributed by atoms with E-state index in [4.69, 9.17) is 14.2 Å². The first-order valence-electron chi connectivity index (χ1n) is 24.6. The summed E-state index contributed by atoms with van der Waals surface area (Å²) >= 11 is 3.46. The van der Waals surface area contributed by atoms with Gasteiger partial charge in [0.25, 0.3) is 20.1 Å². The molecule has 1 N–H and O–H groups in total. The van der Waals surface area contributed by atoms with Crippen LogP contribution in [0.3, 0.4) is 0 Å². The van der Waals surface area contributed by atoms with Crippen LogP contribution in [-0.4, -0.2) is 32.6 Å². The number of nitrogens with zero attached hydrogens (tertiary/aromatic N) is 3. The molecule has 7 nitrogen and oxygen atoms in total. The molecule has 0 bridgehead atoms. The Balaban J connectivity index is 1.01. The number of fused-ring (bicyclic) bond motifs is 12. The lowest BCUT2D eigenvalue weighted by molar-refractivity contribution is 0.486. The Hall–Kier alpha value is -7.53. The molecular weight excluding hydrogens is 921 g/mol. The van der Waals surface area contributed by atoms with Crippen molar-refractivity contribution in [3.8, 4) is 34.5 Å². The molecule has 9 aromatic carbocycles. The van der Waals surface area contributed by atoms with Crippen LogP contribution in [0.5, 0.6) is 34.5 Å². The SMILES string of the molecule is CSN1c2cc3c(cc2B2c4ccccc4Oc4cc(C)cc1c42)B1c2cc4c(cc2N(SC)c2cc(N(c5ccc(C)cc5)c5ccc(C)cc5)cc(c21)O3)Nc1cc(C)cc2c1B4c1ccccc1O2. The smallest absolute Gasteiger partial charge is 0.256 e. The van der Waals surface area contributed by atoms with Crippen molar-refractivity contribution in [2.24, 2.45) is 0 Å². The van der Waals surface area contributed by atoms with Gasteiger partial charge in [0.15, 0.2) is 0 Å². The van der Waals surface area contributed by atoms with Gasteiger partial charge in [0.05, 0.1) is 22.7 Å². The van der Waals surface area contributed by atoms with E-state index in [9.17, 15) is 0 Å². The van der Waals surface area contributed by atoms with E-state index in [1.165, 1.54) is 49.4 Å². The largest absolute Gasteiger partial charge is 0.458 e. The highest BCUT2D eigenvalue weighted by atomic mass is 32.2. The van der Waals surface area contributed by atoms with Crippen molar-refractivity contribution in [1.82, 2.24) is 0 Å². The molecule has 0 spiro atoms. The number of para-hydroxylation sites is 2. The number of benzene rings is 9. The van der Waals surface area contributed by atoms with Gasteiger partial charge < -0.3 is 24.4 Å². The number of hydrogen-bond donors (Lipinski definition) is 1.